The SMILES string of the molecule is C[C@@H](C(O)c1ccccc1)N1C(=O)c2ccccc2C1=O. The Bertz CT molecular complexity index is 661. The second-order valence-electron chi connectivity index (χ2n) is 5.12. The van der Waals surface area contributed by atoms with Gasteiger partial charge in [-0.15, -0.1) is 0 Å². The minimum absolute atomic E-state index is 0.349. The third-order valence-corrected chi connectivity index (χ3v) is 3.83. The van der Waals surface area contributed by atoms with Gasteiger partial charge in [-0.05, 0) is 24.6 Å². The van der Waals surface area contributed by atoms with E-state index in [-0.39, 0.29) is 11.8 Å². The van der Waals surface area contributed by atoms with Crippen molar-refractivity contribution in [2.24, 2.45) is 0 Å². The number of carbonyl (C=O) groups is 2. The highest BCUT2D eigenvalue weighted by molar-refractivity contribution is 6.21. The van der Waals surface area contributed by atoms with Crippen LogP contribution in [0.15, 0.2) is 54.6 Å². The Hall–Kier alpha value is -2.46. The highest BCUT2D eigenvalue weighted by Crippen LogP contribution is 2.29. The van der Waals surface area contributed by atoms with E-state index in [1.165, 1.54) is 0 Å². The maximum Gasteiger partial charge on any atom is 0.261 e. The van der Waals surface area contributed by atoms with Crippen LogP contribution in [0.4, 0.5) is 0 Å². The molecule has 0 aliphatic carbocycles. The van der Waals surface area contributed by atoms with Gasteiger partial charge in [0.15, 0.2) is 0 Å². The van der Waals surface area contributed by atoms with Crippen LogP contribution >= 0.6 is 0 Å². The molecule has 4 heteroatoms. The van der Waals surface area contributed by atoms with Crippen LogP contribution in [0.2, 0.25) is 0 Å². The van der Waals surface area contributed by atoms with Crippen LogP contribution in [-0.2, 0) is 0 Å². The molecule has 2 amide bonds. The number of amides is 2. The van der Waals surface area contributed by atoms with Gasteiger partial charge in [0.05, 0.1) is 23.3 Å². The molecule has 2 aromatic carbocycles. The summed E-state index contributed by atoms with van der Waals surface area (Å²) in [6, 6.07) is 15.1. The lowest BCUT2D eigenvalue weighted by atomic mass is 10.0. The van der Waals surface area contributed by atoms with Gasteiger partial charge in [0.25, 0.3) is 11.8 Å². The van der Waals surface area contributed by atoms with Crippen LogP contribution in [0.25, 0.3) is 0 Å². The average molecular weight is 281 g/mol. The Morgan fingerprint density at radius 2 is 1.33 bits per heavy atom. The van der Waals surface area contributed by atoms with Crippen LogP contribution in [0.5, 0.6) is 0 Å². The van der Waals surface area contributed by atoms with Gasteiger partial charge >= 0.3 is 0 Å². The summed E-state index contributed by atoms with van der Waals surface area (Å²) in [5, 5.41) is 10.4. The summed E-state index contributed by atoms with van der Waals surface area (Å²) in [6.07, 6.45) is -0.909. The summed E-state index contributed by atoms with van der Waals surface area (Å²) in [7, 11) is 0. The molecule has 2 aromatic rings. The van der Waals surface area contributed by atoms with Crippen molar-refractivity contribution in [1.82, 2.24) is 4.90 Å². The van der Waals surface area contributed by atoms with Crippen molar-refractivity contribution in [2.45, 2.75) is 19.1 Å². The van der Waals surface area contributed by atoms with Crippen LogP contribution in [0.1, 0.15) is 39.3 Å². The van der Waals surface area contributed by atoms with Gasteiger partial charge in [-0.3, -0.25) is 14.5 Å². The molecular formula is C17H15NO3. The number of rotatable bonds is 3. The van der Waals surface area contributed by atoms with E-state index in [2.05, 4.69) is 0 Å². The van der Waals surface area contributed by atoms with Crippen molar-refractivity contribution in [3.8, 4) is 0 Å². The van der Waals surface area contributed by atoms with Gasteiger partial charge < -0.3 is 5.11 Å². The number of aliphatic hydroxyl groups is 1. The second-order valence-corrected chi connectivity index (χ2v) is 5.12. The van der Waals surface area contributed by atoms with Gasteiger partial charge in [0, 0.05) is 0 Å². The van der Waals surface area contributed by atoms with Gasteiger partial charge in [0.2, 0.25) is 0 Å². The highest BCUT2D eigenvalue weighted by atomic mass is 16.3. The molecule has 0 fully saturated rings. The van der Waals surface area contributed by atoms with Gasteiger partial charge in [-0.2, -0.15) is 0 Å². The minimum Gasteiger partial charge on any atom is -0.386 e. The molecule has 1 heterocycles. The van der Waals surface area contributed by atoms with Crippen molar-refractivity contribution in [2.75, 3.05) is 0 Å². The van der Waals surface area contributed by atoms with Crippen molar-refractivity contribution in [1.29, 1.82) is 0 Å². The van der Waals surface area contributed by atoms with Crippen LogP contribution in [-0.4, -0.2) is 27.9 Å². The van der Waals surface area contributed by atoms with Crippen molar-refractivity contribution < 1.29 is 14.7 Å². The third kappa shape index (κ3) is 2.14. The minimum atomic E-state index is -0.909. The molecule has 0 saturated heterocycles. The Kier molecular flexibility index (Phi) is 3.31. The van der Waals surface area contributed by atoms with E-state index < -0.39 is 12.1 Å². The van der Waals surface area contributed by atoms with Crippen molar-refractivity contribution in [3.05, 3.63) is 71.3 Å². The normalized spacial score (nSPS) is 16.8. The summed E-state index contributed by atoms with van der Waals surface area (Å²) in [4.78, 5) is 25.9. The van der Waals surface area contributed by atoms with Crippen molar-refractivity contribution >= 4 is 11.8 Å². The Morgan fingerprint density at radius 1 is 0.857 bits per heavy atom. The first-order valence-corrected chi connectivity index (χ1v) is 6.81. The molecule has 0 aromatic heterocycles. The van der Waals surface area contributed by atoms with E-state index in [0.717, 1.165) is 4.90 Å². The number of hydrogen-bond acceptors (Lipinski definition) is 3. The number of nitrogens with zero attached hydrogens (tertiary/aromatic N) is 1. The molecule has 0 bridgehead atoms. The molecule has 1 aliphatic rings. The van der Waals surface area contributed by atoms with E-state index in [0.29, 0.717) is 16.7 Å². The fourth-order valence-electron chi connectivity index (χ4n) is 2.65. The molecule has 21 heavy (non-hydrogen) atoms. The molecule has 1 unspecified atom stereocenters. The zero-order chi connectivity index (χ0) is 15.0. The molecule has 0 saturated carbocycles. The molecule has 1 aliphatic heterocycles. The average Bonchev–Trinajstić information content (AvgIpc) is 2.79. The van der Waals surface area contributed by atoms with Gasteiger partial charge in [0.1, 0.15) is 0 Å². The summed E-state index contributed by atoms with van der Waals surface area (Å²) in [6.45, 7) is 1.68. The summed E-state index contributed by atoms with van der Waals surface area (Å²) >= 11 is 0. The van der Waals surface area contributed by atoms with Crippen molar-refractivity contribution in [3.63, 3.8) is 0 Å². The first-order chi connectivity index (χ1) is 10.1. The zero-order valence-electron chi connectivity index (χ0n) is 11.6. The largest absolute Gasteiger partial charge is 0.386 e. The van der Waals surface area contributed by atoms with Gasteiger partial charge in [-0.1, -0.05) is 42.5 Å². The van der Waals surface area contributed by atoms with Crippen LogP contribution in [0, 0.1) is 0 Å². The molecule has 4 nitrogen and oxygen atoms in total. The molecule has 2 atom stereocenters. The smallest absolute Gasteiger partial charge is 0.261 e. The molecular weight excluding hydrogens is 266 g/mol. The quantitative estimate of drug-likeness (QED) is 0.879. The third-order valence-electron chi connectivity index (χ3n) is 3.83. The fraction of sp³-hybridized carbons (Fsp3) is 0.176. The standard InChI is InChI=1S/C17H15NO3/c1-11(15(19)12-7-3-2-4-8-12)18-16(20)13-9-5-6-10-14(13)17(18)21/h2-11,15,19H,1H3/t11-,15?/m0/s1. The molecule has 3 rings (SSSR count). The lowest BCUT2D eigenvalue weighted by Crippen LogP contribution is -2.41. The zero-order valence-corrected chi connectivity index (χ0v) is 11.6. The van der Waals surface area contributed by atoms with Crippen LogP contribution in [0.3, 0.4) is 0 Å². The number of carbonyl (C=O) groups excluding carboxylic acids is 2. The number of benzene rings is 2. The molecule has 0 radical (unpaired) electrons. The first-order valence-electron chi connectivity index (χ1n) is 6.81. The van der Waals surface area contributed by atoms with Gasteiger partial charge in [-0.25, -0.2) is 0 Å². The maximum atomic E-state index is 12.4. The number of hydrogen-bond donors (Lipinski definition) is 1. The molecule has 106 valence electrons. The first kappa shape index (κ1) is 13.5. The van der Waals surface area contributed by atoms with E-state index >= 15 is 0 Å². The number of fused-ring (bicyclic) bond motifs is 1. The second kappa shape index (κ2) is 5.14. The summed E-state index contributed by atoms with van der Waals surface area (Å²) in [5.41, 5.74) is 1.48. The molecule has 0 spiro atoms. The lowest BCUT2D eigenvalue weighted by molar-refractivity contribution is 0.0376. The predicted molar refractivity (Wildman–Crippen MR) is 77.8 cm³/mol. The van der Waals surface area contributed by atoms with E-state index in [4.69, 9.17) is 0 Å². The Morgan fingerprint density at radius 3 is 1.86 bits per heavy atom. The lowest BCUT2D eigenvalue weighted by Gasteiger charge is -2.27. The molecule has 1 N–H and O–H groups in total. The van der Waals surface area contributed by atoms with E-state index in [1.54, 1.807) is 43.3 Å². The van der Waals surface area contributed by atoms with Crippen LogP contribution < -0.4 is 0 Å². The summed E-state index contributed by atoms with van der Waals surface area (Å²) in [5.74, 6) is -0.698. The fourth-order valence-corrected chi connectivity index (χ4v) is 2.65. The Balaban J connectivity index is 1.92. The van der Waals surface area contributed by atoms with E-state index in [1.807, 2.05) is 18.2 Å². The highest BCUT2D eigenvalue weighted by Gasteiger charge is 2.40. The number of imide groups is 1. The van der Waals surface area contributed by atoms with E-state index in [9.17, 15) is 14.7 Å². The number of aliphatic hydroxyl groups excluding tert-OH is 1. The topological polar surface area (TPSA) is 57.6 Å². The Labute approximate surface area is 122 Å². The maximum absolute atomic E-state index is 12.4. The predicted octanol–water partition coefficient (Wildman–Crippen LogP) is 2.40. The monoisotopic (exact) mass is 281 g/mol. The summed E-state index contributed by atoms with van der Waals surface area (Å²) < 4.78 is 0.